The second kappa shape index (κ2) is 7.73. The summed E-state index contributed by atoms with van der Waals surface area (Å²) in [5.41, 5.74) is 2.56. The third-order valence-corrected chi connectivity index (χ3v) is 7.63. The molecule has 3 aliphatic heterocycles. The highest BCUT2D eigenvalue weighted by Crippen LogP contribution is 2.40. The van der Waals surface area contributed by atoms with Gasteiger partial charge in [-0.3, -0.25) is 0 Å². The molecule has 0 radical (unpaired) electrons. The number of rotatable bonds is 2. The molecule has 1 aromatic carbocycles. The van der Waals surface area contributed by atoms with Gasteiger partial charge in [0.15, 0.2) is 9.84 Å². The van der Waals surface area contributed by atoms with Gasteiger partial charge in [-0.1, -0.05) is 12.1 Å². The first kappa shape index (κ1) is 22.0. The maximum atomic E-state index is 13.0. The Morgan fingerprint density at radius 3 is 2.42 bits per heavy atom. The van der Waals surface area contributed by atoms with Crippen LogP contribution in [-0.2, 0) is 14.6 Å². The Bertz CT molecular complexity index is 995. The molecule has 1 N–H and O–H groups in total. The Hall–Kier alpha value is -2.22. The van der Waals surface area contributed by atoms with Crippen LogP contribution in [0.2, 0.25) is 0 Å². The molecular formula is C23H33N3O4S. The molecule has 3 unspecified atom stereocenters. The lowest BCUT2D eigenvalue weighted by molar-refractivity contribution is -0.0348. The van der Waals surface area contributed by atoms with Gasteiger partial charge in [0.25, 0.3) is 0 Å². The van der Waals surface area contributed by atoms with Gasteiger partial charge < -0.3 is 19.9 Å². The van der Waals surface area contributed by atoms with Gasteiger partial charge in [0, 0.05) is 25.0 Å². The smallest absolute Gasteiger partial charge is 0.410 e. The van der Waals surface area contributed by atoms with Gasteiger partial charge in [-0.05, 0) is 70.6 Å². The van der Waals surface area contributed by atoms with E-state index in [4.69, 9.17) is 4.74 Å². The number of nitrogens with one attached hydrogen (secondary N) is 1. The summed E-state index contributed by atoms with van der Waals surface area (Å²) in [6.07, 6.45) is 4.13. The van der Waals surface area contributed by atoms with Crippen molar-refractivity contribution in [3.63, 3.8) is 0 Å². The maximum absolute atomic E-state index is 13.0. The molecule has 0 aliphatic carbocycles. The molecule has 0 spiro atoms. The number of amides is 1. The van der Waals surface area contributed by atoms with E-state index in [0.29, 0.717) is 17.4 Å². The minimum Gasteiger partial charge on any atom is -0.444 e. The summed E-state index contributed by atoms with van der Waals surface area (Å²) in [7, 11) is -3.23. The first-order valence-electron chi connectivity index (χ1n) is 11.0. The zero-order valence-electron chi connectivity index (χ0n) is 19.0. The van der Waals surface area contributed by atoms with Crippen LogP contribution in [0, 0.1) is 5.92 Å². The lowest BCUT2D eigenvalue weighted by Gasteiger charge is -2.50. The highest BCUT2D eigenvalue weighted by atomic mass is 32.2. The molecule has 1 aromatic rings. The van der Waals surface area contributed by atoms with Gasteiger partial charge in [0.1, 0.15) is 11.8 Å². The molecule has 3 aliphatic rings. The van der Waals surface area contributed by atoms with Crippen LogP contribution in [0.25, 0.3) is 5.70 Å². The Balaban J connectivity index is 1.60. The van der Waals surface area contributed by atoms with Crippen LogP contribution in [0.15, 0.2) is 34.9 Å². The number of hydrogen-bond donors (Lipinski definition) is 1. The molecule has 0 aromatic heterocycles. The van der Waals surface area contributed by atoms with Gasteiger partial charge >= 0.3 is 6.09 Å². The first-order chi connectivity index (χ1) is 14.5. The molecule has 0 bridgehead atoms. The van der Waals surface area contributed by atoms with Crippen molar-refractivity contribution in [2.24, 2.45) is 5.92 Å². The number of allylic oxidation sites excluding steroid dienone is 1. The van der Waals surface area contributed by atoms with E-state index in [1.807, 2.05) is 37.8 Å². The molecule has 4 rings (SSSR count). The lowest BCUT2D eigenvalue weighted by Crippen LogP contribution is -2.64. The number of sulfone groups is 1. The quantitative estimate of drug-likeness (QED) is 0.748. The minimum absolute atomic E-state index is 0.00356. The van der Waals surface area contributed by atoms with Gasteiger partial charge in [-0.15, -0.1) is 0 Å². The van der Waals surface area contributed by atoms with Crippen LogP contribution in [0.3, 0.4) is 0 Å². The molecule has 3 heterocycles. The zero-order chi connectivity index (χ0) is 22.6. The number of ether oxygens (including phenoxy) is 1. The predicted molar refractivity (Wildman–Crippen MR) is 120 cm³/mol. The average Bonchev–Trinajstić information content (AvgIpc) is 3.02. The summed E-state index contributed by atoms with van der Waals surface area (Å²) in [4.78, 5) is 17.6. The van der Waals surface area contributed by atoms with Gasteiger partial charge in [0.2, 0.25) is 0 Å². The van der Waals surface area contributed by atoms with Crippen LogP contribution >= 0.6 is 0 Å². The average molecular weight is 448 g/mol. The van der Waals surface area contributed by atoms with Crippen LogP contribution in [0.4, 0.5) is 4.79 Å². The third-order valence-electron chi connectivity index (χ3n) is 6.50. The van der Waals surface area contributed by atoms with Crippen LogP contribution in [0.5, 0.6) is 0 Å². The molecule has 3 atom stereocenters. The summed E-state index contributed by atoms with van der Waals surface area (Å²) in [6, 6.07) is 7.05. The van der Waals surface area contributed by atoms with Crippen LogP contribution < -0.4 is 5.32 Å². The topological polar surface area (TPSA) is 79.0 Å². The van der Waals surface area contributed by atoms with Crippen molar-refractivity contribution in [3.8, 4) is 0 Å². The molecule has 170 valence electrons. The van der Waals surface area contributed by atoms with Crippen molar-refractivity contribution in [2.75, 3.05) is 19.3 Å². The normalized spacial score (nSPS) is 26.3. The molecule has 2 fully saturated rings. The van der Waals surface area contributed by atoms with Crippen molar-refractivity contribution in [2.45, 2.75) is 69.7 Å². The van der Waals surface area contributed by atoms with Crippen LogP contribution in [-0.4, -0.2) is 61.5 Å². The summed E-state index contributed by atoms with van der Waals surface area (Å²) in [5, 5.41) is 3.67. The van der Waals surface area contributed by atoms with Crippen molar-refractivity contribution >= 4 is 21.6 Å². The molecule has 0 saturated carbocycles. The van der Waals surface area contributed by atoms with Crippen LogP contribution in [0.1, 0.15) is 52.5 Å². The molecule has 31 heavy (non-hydrogen) atoms. The van der Waals surface area contributed by atoms with Crippen molar-refractivity contribution in [1.29, 1.82) is 0 Å². The SMILES string of the molecule is CC1=C(c2ccc(S(C)(=O)=O)cc2)NC2C3C(CCCN3C(=O)OC(C)(C)C)CCN12. The number of nitrogens with zero attached hydrogens (tertiary/aromatic N) is 2. The largest absolute Gasteiger partial charge is 0.444 e. The molecule has 7 nitrogen and oxygen atoms in total. The van der Waals surface area contributed by atoms with Gasteiger partial charge in [-0.25, -0.2) is 13.2 Å². The lowest BCUT2D eigenvalue weighted by atomic mass is 9.81. The predicted octanol–water partition coefficient (Wildman–Crippen LogP) is 3.43. The second-order valence-corrected chi connectivity index (χ2v) is 11.9. The minimum atomic E-state index is -3.23. The summed E-state index contributed by atoms with van der Waals surface area (Å²) < 4.78 is 29.3. The van der Waals surface area contributed by atoms with Crippen molar-refractivity contribution in [1.82, 2.24) is 15.1 Å². The summed E-state index contributed by atoms with van der Waals surface area (Å²) in [6.45, 7) is 9.44. The van der Waals surface area contributed by atoms with E-state index in [0.717, 1.165) is 42.8 Å². The van der Waals surface area contributed by atoms with Crippen molar-refractivity contribution in [3.05, 3.63) is 35.5 Å². The van der Waals surface area contributed by atoms with E-state index >= 15 is 0 Å². The fraction of sp³-hybridized carbons (Fsp3) is 0.609. The molecule has 1 amide bonds. The fourth-order valence-corrected chi connectivity index (χ4v) is 5.73. The number of carbonyl (C=O) groups excluding carboxylic acids is 1. The maximum Gasteiger partial charge on any atom is 0.410 e. The van der Waals surface area contributed by atoms with E-state index < -0.39 is 15.4 Å². The molecular weight excluding hydrogens is 414 g/mol. The summed E-state index contributed by atoms with van der Waals surface area (Å²) in [5.74, 6) is 0.440. The second-order valence-electron chi connectivity index (χ2n) is 9.89. The summed E-state index contributed by atoms with van der Waals surface area (Å²) >= 11 is 0. The standard InChI is InChI=1S/C23H33N3O4S/c1-15-19(16-8-10-18(11-9-16)31(5,28)29)24-21-20-17(12-14-25(15)21)7-6-13-26(20)22(27)30-23(2,3)4/h8-11,17,20-21,24H,6-7,12-14H2,1-5H3. The number of piperidine rings is 2. The number of likely N-dealkylation sites (tertiary alicyclic amines) is 1. The monoisotopic (exact) mass is 447 g/mol. The molecule has 2 saturated heterocycles. The van der Waals surface area contributed by atoms with E-state index in [1.165, 1.54) is 6.26 Å². The number of fused-ring (bicyclic) bond motifs is 3. The first-order valence-corrected chi connectivity index (χ1v) is 12.9. The van der Waals surface area contributed by atoms with Gasteiger partial charge in [0.05, 0.1) is 16.6 Å². The Morgan fingerprint density at radius 2 is 1.81 bits per heavy atom. The Kier molecular flexibility index (Phi) is 5.48. The van der Waals surface area contributed by atoms with Gasteiger partial charge in [-0.2, -0.15) is 0 Å². The van der Waals surface area contributed by atoms with E-state index in [-0.39, 0.29) is 18.3 Å². The van der Waals surface area contributed by atoms with E-state index in [1.54, 1.807) is 12.1 Å². The van der Waals surface area contributed by atoms with E-state index in [2.05, 4.69) is 17.1 Å². The Morgan fingerprint density at radius 1 is 1.13 bits per heavy atom. The third kappa shape index (κ3) is 4.27. The number of carbonyl (C=O) groups is 1. The van der Waals surface area contributed by atoms with E-state index in [9.17, 15) is 13.2 Å². The number of hydrogen-bond acceptors (Lipinski definition) is 6. The Labute approximate surface area is 185 Å². The fourth-order valence-electron chi connectivity index (χ4n) is 5.10. The number of benzene rings is 1. The van der Waals surface area contributed by atoms with Crippen molar-refractivity contribution < 1.29 is 17.9 Å². The zero-order valence-corrected chi connectivity index (χ0v) is 19.8. The highest BCUT2D eigenvalue weighted by molar-refractivity contribution is 7.90. The molecule has 8 heteroatoms. The highest BCUT2D eigenvalue weighted by Gasteiger charge is 2.48.